The molecule has 0 radical (unpaired) electrons. The predicted octanol–water partition coefficient (Wildman–Crippen LogP) is 2.53. The first-order valence-electron chi connectivity index (χ1n) is 7.45. The van der Waals surface area contributed by atoms with Gasteiger partial charge in [0.2, 0.25) is 5.95 Å². The van der Waals surface area contributed by atoms with Crippen molar-refractivity contribution in [3.63, 3.8) is 0 Å². The molecule has 0 spiro atoms. The maximum Gasteiger partial charge on any atom is 0.270 e. The second kappa shape index (κ2) is 6.68. The van der Waals surface area contributed by atoms with Crippen LogP contribution in [0, 0.1) is 12.8 Å². The molecule has 0 bridgehead atoms. The lowest BCUT2D eigenvalue weighted by Gasteiger charge is -2.13. The number of rotatable bonds is 5. The summed E-state index contributed by atoms with van der Waals surface area (Å²) in [5, 5.41) is 6.23. The summed E-state index contributed by atoms with van der Waals surface area (Å²) in [5.74, 6) is 0.878. The highest BCUT2D eigenvalue weighted by atomic mass is 16.1. The van der Waals surface area contributed by atoms with Gasteiger partial charge in [-0.25, -0.2) is 9.97 Å². The van der Waals surface area contributed by atoms with Crippen molar-refractivity contribution in [2.24, 2.45) is 5.92 Å². The van der Waals surface area contributed by atoms with Crippen molar-refractivity contribution in [3.05, 3.63) is 17.5 Å². The van der Waals surface area contributed by atoms with Gasteiger partial charge in [-0.05, 0) is 31.7 Å². The molecule has 0 unspecified atom stereocenters. The number of nitrogens with one attached hydrogen (secondary N) is 2. The summed E-state index contributed by atoms with van der Waals surface area (Å²) >= 11 is 0. The van der Waals surface area contributed by atoms with Crippen LogP contribution in [0.2, 0.25) is 0 Å². The number of carbonyl (C=O) groups is 1. The number of amides is 1. The average Bonchev–Trinajstić information content (AvgIpc) is 2.88. The van der Waals surface area contributed by atoms with Crippen LogP contribution in [-0.4, -0.2) is 28.5 Å². The van der Waals surface area contributed by atoms with Crippen LogP contribution in [0.1, 0.15) is 55.7 Å². The molecule has 2 rings (SSSR count). The standard InChI is InChI=1S/C15H24N4O/c1-10(2)9-16-14(20)13-8-11(3)17-15(19-13)18-12-6-4-5-7-12/h8,10,12H,4-7,9H2,1-3H3,(H,16,20)(H,17,18,19). The molecule has 110 valence electrons. The van der Waals surface area contributed by atoms with Crippen LogP contribution in [0.4, 0.5) is 5.95 Å². The Bertz CT molecular complexity index is 467. The molecule has 1 aliphatic carbocycles. The van der Waals surface area contributed by atoms with E-state index in [4.69, 9.17) is 0 Å². The van der Waals surface area contributed by atoms with Gasteiger partial charge in [-0.15, -0.1) is 0 Å². The Hall–Kier alpha value is -1.65. The SMILES string of the molecule is Cc1cc(C(=O)NCC(C)C)nc(NC2CCCC2)n1. The van der Waals surface area contributed by atoms with E-state index < -0.39 is 0 Å². The molecule has 5 nitrogen and oxygen atoms in total. The summed E-state index contributed by atoms with van der Waals surface area (Å²) in [6, 6.07) is 2.18. The Balaban J connectivity index is 2.05. The molecule has 1 amide bonds. The zero-order valence-electron chi connectivity index (χ0n) is 12.6. The van der Waals surface area contributed by atoms with Crippen LogP contribution in [0.15, 0.2) is 6.07 Å². The highest BCUT2D eigenvalue weighted by molar-refractivity contribution is 5.92. The van der Waals surface area contributed by atoms with Gasteiger partial charge in [-0.1, -0.05) is 26.7 Å². The van der Waals surface area contributed by atoms with E-state index in [2.05, 4.69) is 34.4 Å². The minimum atomic E-state index is -0.126. The Morgan fingerprint density at radius 3 is 2.70 bits per heavy atom. The number of hydrogen-bond donors (Lipinski definition) is 2. The van der Waals surface area contributed by atoms with Gasteiger partial charge in [-0.2, -0.15) is 0 Å². The number of anilines is 1. The van der Waals surface area contributed by atoms with E-state index in [1.165, 1.54) is 12.8 Å². The summed E-state index contributed by atoms with van der Waals surface area (Å²) in [7, 11) is 0. The van der Waals surface area contributed by atoms with Gasteiger partial charge >= 0.3 is 0 Å². The molecule has 5 heteroatoms. The van der Waals surface area contributed by atoms with Crippen molar-refractivity contribution in [2.75, 3.05) is 11.9 Å². The van der Waals surface area contributed by atoms with E-state index >= 15 is 0 Å². The van der Waals surface area contributed by atoms with Crippen molar-refractivity contribution >= 4 is 11.9 Å². The van der Waals surface area contributed by atoms with Crippen molar-refractivity contribution in [3.8, 4) is 0 Å². The number of nitrogens with zero attached hydrogens (tertiary/aromatic N) is 2. The molecule has 0 saturated heterocycles. The molecule has 1 aliphatic rings. The summed E-state index contributed by atoms with van der Waals surface area (Å²) in [6.07, 6.45) is 4.83. The minimum Gasteiger partial charge on any atom is -0.351 e. The number of carbonyl (C=O) groups excluding carboxylic acids is 1. The van der Waals surface area contributed by atoms with Gasteiger partial charge in [0.25, 0.3) is 5.91 Å². The van der Waals surface area contributed by atoms with E-state index in [0.717, 1.165) is 18.5 Å². The maximum atomic E-state index is 12.1. The van der Waals surface area contributed by atoms with Crippen LogP contribution in [0.5, 0.6) is 0 Å². The van der Waals surface area contributed by atoms with Crippen molar-refractivity contribution in [1.82, 2.24) is 15.3 Å². The highest BCUT2D eigenvalue weighted by Gasteiger charge is 2.17. The third kappa shape index (κ3) is 4.18. The first-order chi connectivity index (χ1) is 9.54. The third-order valence-corrected chi connectivity index (χ3v) is 3.45. The predicted molar refractivity (Wildman–Crippen MR) is 79.8 cm³/mol. The van der Waals surface area contributed by atoms with Crippen molar-refractivity contribution < 1.29 is 4.79 Å². The van der Waals surface area contributed by atoms with Crippen LogP contribution < -0.4 is 10.6 Å². The fourth-order valence-corrected chi connectivity index (χ4v) is 2.39. The summed E-state index contributed by atoms with van der Waals surface area (Å²) in [5.41, 5.74) is 1.26. The molecule has 1 saturated carbocycles. The highest BCUT2D eigenvalue weighted by Crippen LogP contribution is 2.20. The quantitative estimate of drug-likeness (QED) is 0.867. The molecular weight excluding hydrogens is 252 g/mol. The topological polar surface area (TPSA) is 66.9 Å². The van der Waals surface area contributed by atoms with Crippen LogP contribution in [0.3, 0.4) is 0 Å². The Morgan fingerprint density at radius 1 is 1.35 bits per heavy atom. The molecular formula is C15H24N4O. The van der Waals surface area contributed by atoms with Crippen molar-refractivity contribution in [1.29, 1.82) is 0 Å². The minimum absolute atomic E-state index is 0.126. The molecule has 1 aromatic heterocycles. The van der Waals surface area contributed by atoms with Gasteiger partial charge in [-0.3, -0.25) is 4.79 Å². The fourth-order valence-electron chi connectivity index (χ4n) is 2.39. The smallest absolute Gasteiger partial charge is 0.270 e. The molecule has 1 heterocycles. The summed E-state index contributed by atoms with van der Waals surface area (Å²) in [6.45, 7) is 6.69. The molecule has 0 atom stereocenters. The van der Waals surface area contributed by atoms with Gasteiger partial charge in [0.05, 0.1) is 0 Å². The van der Waals surface area contributed by atoms with Gasteiger partial charge in [0, 0.05) is 18.3 Å². The van der Waals surface area contributed by atoms with E-state index in [1.54, 1.807) is 6.07 Å². The second-order valence-corrected chi connectivity index (χ2v) is 5.95. The van der Waals surface area contributed by atoms with E-state index in [9.17, 15) is 4.79 Å². The maximum absolute atomic E-state index is 12.1. The van der Waals surface area contributed by atoms with Gasteiger partial charge in [0.15, 0.2) is 0 Å². The average molecular weight is 276 g/mol. The lowest BCUT2D eigenvalue weighted by Crippen LogP contribution is -2.28. The monoisotopic (exact) mass is 276 g/mol. The number of hydrogen-bond acceptors (Lipinski definition) is 4. The molecule has 2 N–H and O–H groups in total. The normalized spacial score (nSPS) is 15.6. The molecule has 1 fully saturated rings. The second-order valence-electron chi connectivity index (χ2n) is 5.95. The largest absolute Gasteiger partial charge is 0.351 e. The molecule has 1 aromatic rings. The third-order valence-electron chi connectivity index (χ3n) is 3.45. The summed E-state index contributed by atoms with van der Waals surface area (Å²) in [4.78, 5) is 20.8. The van der Waals surface area contributed by atoms with E-state index in [1.807, 2.05) is 6.92 Å². The van der Waals surface area contributed by atoms with Crippen LogP contribution in [-0.2, 0) is 0 Å². The summed E-state index contributed by atoms with van der Waals surface area (Å²) < 4.78 is 0. The first kappa shape index (κ1) is 14.8. The number of aryl methyl sites for hydroxylation is 1. The Kier molecular flexibility index (Phi) is 4.93. The fraction of sp³-hybridized carbons (Fsp3) is 0.667. The lowest BCUT2D eigenvalue weighted by molar-refractivity contribution is 0.0944. The van der Waals surface area contributed by atoms with Gasteiger partial charge in [0.1, 0.15) is 5.69 Å². The van der Waals surface area contributed by atoms with E-state index in [0.29, 0.717) is 30.1 Å². The Labute approximate surface area is 120 Å². The lowest BCUT2D eigenvalue weighted by atomic mass is 10.2. The van der Waals surface area contributed by atoms with Crippen LogP contribution in [0.25, 0.3) is 0 Å². The number of aromatic nitrogens is 2. The van der Waals surface area contributed by atoms with Crippen molar-refractivity contribution in [2.45, 2.75) is 52.5 Å². The van der Waals surface area contributed by atoms with E-state index in [-0.39, 0.29) is 5.91 Å². The first-order valence-corrected chi connectivity index (χ1v) is 7.45. The van der Waals surface area contributed by atoms with Crippen LogP contribution >= 0.6 is 0 Å². The molecule has 0 aromatic carbocycles. The zero-order chi connectivity index (χ0) is 14.5. The zero-order valence-corrected chi connectivity index (χ0v) is 12.6. The van der Waals surface area contributed by atoms with Gasteiger partial charge < -0.3 is 10.6 Å². The molecule has 20 heavy (non-hydrogen) atoms. The Morgan fingerprint density at radius 2 is 2.05 bits per heavy atom. The molecule has 0 aliphatic heterocycles.